The summed E-state index contributed by atoms with van der Waals surface area (Å²) < 4.78 is 26.1. The third kappa shape index (κ3) is 2.51. The van der Waals surface area contributed by atoms with Gasteiger partial charge in [0.1, 0.15) is 17.5 Å². The first-order chi connectivity index (χ1) is 8.58. The van der Waals surface area contributed by atoms with Crippen LogP contribution in [-0.2, 0) is 6.42 Å². The zero-order chi connectivity index (χ0) is 13.1. The topological polar surface area (TPSA) is 56.0 Å². The minimum absolute atomic E-state index is 0.0672. The van der Waals surface area contributed by atoms with Crippen molar-refractivity contribution >= 4 is 11.6 Å². The van der Waals surface area contributed by atoms with Gasteiger partial charge in [-0.2, -0.15) is 0 Å². The number of pyridine rings is 1. The predicted octanol–water partition coefficient (Wildman–Crippen LogP) is 2.37. The number of hydrogen-bond donors (Lipinski definition) is 1. The Morgan fingerprint density at radius 2 is 2.06 bits per heavy atom. The number of benzene rings is 1. The fraction of sp³-hybridized carbons (Fsp3) is 0.0769. The number of halogens is 2. The monoisotopic (exact) mass is 248 g/mol. The summed E-state index contributed by atoms with van der Waals surface area (Å²) in [6.45, 7) is 0. The molecule has 3 nitrogen and oxygen atoms in total. The van der Waals surface area contributed by atoms with Crippen LogP contribution in [0.15, 0.2) is 36.5 Å². The lowest BCUT2D eigenvalue weighted by atomic mass is 10.0. The Kier molecular flexibility index (Phi) is 3.32. The van der Waals surface area contributed by atoms with E-state index in [0.29, 0.717) is 11.6 Å². The number of anilines is 1. The van der Waals surface area contributed by atoms with Crippen molar-refractivity contribution in [2.45, 2.75) is 6.42 Å². The number of ketones is 1. The molecule has 0 atom stereocenters. The van der Waals surface area contributed by atoms with Crippen LogP contribution < -0.4 is 5.73 Å². The Balaban J connectivity index is 2.25. The van der Waals surface area contributed by atoms with Gasteiger partial charge in [-0.1, -0.05) is 6.07 Å². The van der Waals surface area contributed by atoms with E-state index in [1.807, 2.05) is 0 Å². The second-order valence-corrected chi connectivity index (χ2v) is 3.77. The van der Waals surface area contributed by atoms with E-state index in [0.717, 1.165) is 12.1 Å². The second kappa shape index (κ2) is 4.91. The maximum Gasteiger partial charge on any atom is 0.170 e. The molecular formula is C13H10F2N2O. The number of nitrogen functional groups attached to an aromatic ring is 1. The van der Waals surface area contributed by atoms with Gasteiger partial charge in [0.05, 0.1) is 5.56 Å². The normalized spacial score (nSPS) is 10.3. The highest BCUT2D eigenvalue weighted by atomic mass is 19.1. The van der Waals surface area contributed by atoms with Crippen LogP contribution >= 0.6 is 0 Å². The summed E-state index contributed by atoms with van der Waals surface area (Å²) in [5.41, 5.74) is 5.96. The van der Waals surface area contributed by atoms with Crippen molar-refractivity contribution in [3.8, 4) is 0 Å². The van der Waals surface area contributed by atoms with Crippen LogP contribution in [-0.4, -0.2) is 10.8 Å². The Bertz CT molecular complexity index is 599. The summed E-state index contributed by atoms with van der Waals surface area (Å²) in [6, 6.07) is 6.13. The standard InChI is InChI=1S/C13H10F2N2O/c14-9-3-4-10(11(15)7-9)12(18)6-8-2-1-5-17-13(8)16/h1-5,7H,6H2,(H2,16,17). The molecule has 2 N–H and O–H groups in total. The van der Waals surface area contributed by atoms with E-state index in [4.69, 9.17) is 5.73 Å². The Morgan fingerprint density at radius 1 is 1.28 bits per heavy atom. The molecule has 0 aliphatic heterocycles. The molecule has 92 valence electrons. The molecule has 1 aromatic heterocycles. The van der Waals surface area contributed by atoms with Gasteiger partial charge in [-0.25, -0.2) is 13.8 Å². The van der Waals surface area contributed by atoms with Crippen molar-refractivity contribution < 1.29 is 13.6 Å². The van der Waals surface area contributed by atoms with Crippen molar-refractivity contribution in [3.05, 3.63) is 59.3 Å². The van der Waals surface area contributed by atoms with Gasteiger partial charge in [0.2, 0.25) is 0 Å². The first-order valence-electron chi connectivity index (χ1n) is 5.25. The maximum absolute atomic E-state index is 13.4. The highest BCUT2D eigenvalue weighted by molar-refractivity contribution is 5.98. The van der Waals surface area contributed by atoms with E-state index in [9.17, 15) is 13.6 Å². The maximum atomic E-state index is 13.4. The lowest BCUT2D eigenvalue weighted by Crippen LogP contribution is -2.08. The van der Waals surface area contributed by atoms with E-state index < -0.39 is 17.4 Å². The minimum Gasteiger partial charge on any atom is -0.383 e. The van der Waals surface area contributed by atoms with Crippen molar-refractivity contribution in [2.24, 2.45) is 0 Å². The van der Waals surface area contributed by atoms with Gasteiger partial charge in [0.25, 0.3) is 0 Å². The molecule has 1 heterocycles. The molecule has 0 fully saturated rings. The molecule has 0 spiro atoms. The van der Waals surface area contributed by atoms with E-state index in [1.54, 1.807) is 12.1 Å². The van der Waals surface area contributed by atoms with E-state index in [2.05, 4.69) is 4.98 Å². The fourth-order valence-corrected chi connectivity index (χ4v) is 1.58. The number of carbonyl (C=O) groups is 1. The summed E-state index contributed by atoms with van der Waals surface area (Å²) in [7, 11) is 0. The van der Waals surface area contributed by atoms with Crippen LogP contribution in [0.2, 0.25) is 0 Å². The Morgan fingerprint density at radius 3 is 2.72 bits per heavy atom. The number of nitrogens with zero attached hydrogens (tertiary/aromatic N) is 1. The van der Waals surface area contributed by atoms with Gasteiger partial charge < -0.3 is 5.73 Å². The molecule has 0 aliphatic carbocycles. The molecule has 0 radical (unpaired) electrons. The lowest BCUT2D eigenvalue weighted by molar-refractivity contribution is 0.0989. The molecule has 0 aliphatic rings. The molecule has 0 amide bonds. The first kappa shape index (κ1) is 12.2. The number of nitrogens with two attached hydrogens (primary N) is 1. The zero-order valence-electron chi connectivity index (χ0n) is 9.36. The van der Waals surface area contributed by atoms with E-state index >= 15 is 0 Å². The van der Waals surface area contributed by atoms with Crippen molar-refractivity contribution in [1.82, 2.24) is 4.98 Å². The van der Waals surface area contributed by atoms with Crippen LogP contribution in [0.4, 0.5) is 14.6 Å². The molecule has 1 aromatic carbocycles. The molecule has 18 heavy (non-hydrogen) atoms. The van der Waals surface area contributed by atoms with Gasteiger partial charge >= 0.3 is 0 Å². The number of aromatic nitrogens is 1. The van der Waals surface area contributed by atoms with Crippen LogP contribution in [0.1, 0.15) is 15.9 Å². The third-order valence-electron chi connectivity index (χ3n) is 2.51. The Hall–Kier alpha value is -2.30. The van der Waals surface area contributed by atoms with Crippen LogP contribution in [0.25, 0.3) is 0 Å². The molecule has 2 rings (SSSR count). The van der Waals surface area contributed by atoms with Crippen LogP contribution in [0.5, 0.6) is 0 Å². The highest BCUT2D eigenvalue weighted by Crippen LogP contribution is 2.15. The highest BCUT2D eigenvalue weighted by Gasteiger charge is 2.14. The minimum atomic E-state index is -0.873. The summed E-state index contributed by atoms with van der Waals surface area (Å²) in [4.78, 5) is 15.7. The van der Waals surface area contributed by atoms with E-state index in [-0.39, 0.29) is 17.8 Å². The van der Waals surface area contributed by atoms with Crippen LogP contribution in [0, 0.1) is 11.6 Å². The lowest BCUT2D eigenvalue weighted by Gasteiger charge is -2.05. The van der Waals surface area contributed by atoms with Crippen molar-refractivity contribution in [1.29, 1.82) is 0 Å². The van der Waals surface area contributed by atoms with Crippen LogP contribution in [0.3, 0.4) is 0 Å². The molecule has 2 aromatic rings. The quantitative estimate of drug-likeness (QED) is 0.848. The van der Waals surface area contributed by atoms with Crippen molar-refractivity contribution in [3.63, 3.8) is 0 Å². The van der Waals surface area contributed by atoms with Gasteiger partial charge in [-0.15, -0.1) is 0 Å². The zero-order valence-corrected chi connectivity index (χ0v) is 9.36. The van der Waals surface area contributed by atoms with Gasteiger partial charge in [-0.3, -0.25) is 4.79 Å². The van der Waals surface area contributed by atoms with Gasteiger partial charge in [0.15, 0.2) is 5.78 Å². The molecule has 0 bridgehead atoms. The van der Waals surface area contributed by atoms with Crippen molar-refractivity contribution in [2.75, 3.05) is 5.73 Å². The third-order valence-corrected chi connectivity index (χ3v) is 2.51. The molecule has 5 heteroatoms. The molecular weight excluding hydrogens is 238 g/mol. The van der Waals surface area contributed by atoms with Gasteiger partial charge in [0, 0.05) is 24.2 Å². The number of carbonyl (C=O) groups excluding carboxylic acids is 1. The second-order valence-electron chi connectivity index (χ2n) is 3.77. The average Bonchev–Trinajstić information content (AvgIpc) is 2.32. The summed E-state index contributed by atoms with van der Waals surface area (Å²) in [5.74, 6) is -1.83. The average molecular weight is 248 g/mol. The Labute approximate surface area is 102 Å². The number of Topliss-reactive ketones (excluding diaryl/α,β-unsaturated/α-hetero) is 1. The number of hydrogen-bond acceptors (Lipinski definition) is 3. The molecule has 0 unspecified atom stereocenters. The SMILES string of the molecule is Nc1ncccc1CC(=O)c1ccc(F)cc1F. The largest absolute Gasteiger partial charge is 0.383 e. The fourth-order valence-electron chi connectivity index (χ4n) is 1.58. The van der Waals surface area contributed by atoms with Gasteiger partial charge in [-0.05, 0) is 18.2 Å². The first-order valence-corrected chi connectivity index (χ1v) is 5.25. The summed E-state index contributed by atoms with van der Waals surface area (Å²) in [5, 5.41) is 0. The molecule has 0 saturated carbocycles. The number of rotatable bonds is 3. The summed E-state index contributed by atoms with van der Waals surface area (Å²) >= 11 is 0. The smallest absolute Gasteiger partial charge is 0.170 e. The van der Waals surface area contributed by atoms with E-state index in [1.165, 1.54) is 6.20 Å². The predicted molar refractivity (Wildman–Crippen MR) is 63.0 cm³/mol. The summed E-state index contributed by atoms with van der Waals surface area (Å²) in [6.07, 6.45) is 1.43. The molecule has 0 saturated heterocycles.